The summed E-state index contributed by atoms with van der Waals surface area (Å²) < 4.78 is 27.7. The average Bonchev–Trinajstić information content (AvgIpc) is 2.57. The molecular weight excluding hydrogens is 310 g/mol. The van der Waals surface area contributed by atoms with E-state index in [1.165, 1.54) is 17.3 Å². The van der Waals surface area contributed by atoms with Gasteiger partial charge in [-0.05, 0) is 42.5 Å². The molecule has 1 atom stereocenters. The lowest BCUT2D eigenvalue weighted by Gasteiger charge is -2.40. The van der Waals surface area contributed by atoms with Crippen molar-refractivity contribution in [1.82, 2.24) is 5.32 Å². The summed E-state index contributed by atoms with van der Waals surface area (Å²) in [5, 5.41) is 2.82. The molecule has 24 heavy (non-hydrogen) atoms. The molecule has 5 heteroatoms. The van der Waals surface area contributed by atoms with Crippen molar-refractivity contribution in [3.63, 3.8) is 0 Å². The van der Waals surface area contributed by atoms with E-state index in [4.69, 9.17) is 0 Å². The largest absolute Gasteiger partial charge is 0.371 e. The predicted molar refractivity (Wildman–Crippen MR) is 88.2 cm³/mol. The summed E-state index contributed by atoms with van der Waals surface area (Å²) >= 11 is 0. The minimum absolute atomic E-state index is 0.221. The Balaban J connectivity index is 1.66. The lowest BCUT2D eigenvalue weighted by Crippen LogP contribution is -2.41. The summed E-state index contributed by atoms with van der Waals surface area (Å²) in [6.45, 7) is 1.86. The maximum absolute atomic E-state index is 13.8. The fourth-order valence-corrected chi connectivity index (χ4v) is 3.81. The zero-order chi connectivity index (χ0) is 16.7. The van der Waals surface area contributed by atoms with E-state index >= 15 is 0 Å². The van der Waals surface area contributed by atoms with E-state index in [1.54, 1.807) is 0 Å². The molecule has 4 rings (SSSR count). The Kier molecular flexibility index (Phi) is 3.71. The van der Waals surface area contributed by atoms with Crippen LogP contribution in [-0.4, -0.2) is 19.0 Å². The molecule has 1 amide bonds. The first kappa shape index (κ1) is 15.1. The van der Waals surface area contributed by atoms with Gasteiger partial charge in [0.05, 0.1) is 6.04 Å². The van der Waals surface area contributed by atoms with Gasteiger partial charge in [-0.25, -0.2) is 8.78 Å². The Bertz CT molecular complexity index is 786. The molecule has 124 valence electrons. The molecule has 0 bridgehead atoms. The van der Waals surface area contributed by atoms with Gasteiger partial charge in [0.1, 0.15) is 17.2 Å². The average molecular weight is 328 g/mol. The lowest BCUT2D eigenvalue weighted by atomic mass is 9.89. The summed E-state index contributed by atoms with van der Waals surface area (Å²) in [6.07, 6.45) is 2.90. The maximum atomic E-state index is 13.8. The van der Waals surface area contributed by atoms with Gasteiger partial charge in [0.2, 0.25) is 0 Å². The van der Waals surface area contributed by atoms with E-state index in [2.05, 4.69) is 16.3 Å². The molecule has 0 unspecified atom stereocenters. The third kappa shape index (κ3) is 2.44. The smallest absolute Gasteiger partial charge is 0.257 e. The standard InChI is InChI=1S/C19H18F2N2O/c20-14-7-2-8-15(21)17(14)19(24)22-16-9-11-23-10-3-5-12-4-1-6-13(16)18(12)23/h1-2,4,6-8,16H,3,5,9-11H2,(H,22,24)/t16-/m0/s1. The van der Waals surface area contributed by atoms with E-state index in [0.29, 0.717) is 0 Å². The SMILES string of the molecule is O=C(N[C@H]1CCN2CCCc3cccc1c32)c1c(F)cccc1F. The van der Waals surface area contributed by atoms with E-state index < -0.39 is 23.1 Å². The highest BCUT2D eigenvalue weighted by molar-refractivity contribution is 5.95. The van der Waals surface area contributed by atoms with Crippen LogP contribution in [0.15, 0.2) is 36.4 Å². The third-order valence-corrected chi connectivity index (χ3v) is 4.90. The van der Waals surface area contributed by atoms with Crippen molar-refractivity contribution < 1.29 is 13.6 Å². The van der Waals surface area contributed by atoms with Crippen LogP contribution in [0, 0.1) is 11.6 Å². The van der Waals surface area contributed by atoms with E-state index in [1.807, 2.05) is 12.1 Å². The summed E-state index contributed by atoms with van der Waals surface area (Å²) in [5.41, 5.74) is 3.01. The number of aryl methyl sites for hydroxylation is 1. The molecule has 0 saturated carbocycles. The highest BCUT2D eigenvalue weighted by atomic mass is 19.1. The minimum Gasteiger partial charge on any atom is -0.371 e. The van der Waals surface area contributed by atoms with Crippen LogP contribution in [0.25, 0.3) is 0 Å². The number of halogens is 2. The summed E-state index contributed by atoms with van der Waals surface area (Å²) in [5.74, 6) is -2.36. The van der Waals surface area contributed by atoms with Gasteiger partial charge < -0.3 is 10.2 Å². The molecule has 0 aromatic heterocycles. The Hall–Kier alpha value is -2.43. The van der Waals surface area contributed by atoms with Crippen LogP contribution in [0.3, 0.4) is 0 Å². The highest BCUT2D eigenvalue weighted by Crippen LogP contribution is 2.39. The monoisotopic (exact) mass is 328 g/mol. The summed E-state index contributed by atoms with van der Waals surface area (Å²) in [4.78, 5) is 14.8. The summed E-state index contributed by atoms with van der Waals surface area (Å²) in [6, 6.07) is 9.35. The molecule has 3 nitrogen and oxygen atoms in total. The number of hydrogen-bond donors (Lipinski definition) is 1. The Morgan fingerprint density at radius 2 is 1.83 bits per heavy atom. The van der Waals surface area contributed by atoms with Gasteiger partial charge in [-0.3, -0.25) is 4.79 Å². The van der Waals surface area contributed by atoms with Crippen LogP contribution >= 0.6 is 0 Å². The predicted octanol–water partition coefficient (Wildman–Crippen LogP) is 3.59. The number of amides is 1. The van der Waals surface area contributed by atoms with Gasteiger partial charge in [0.15, 0.2) is 0 Å². The molecule has 0 fully saturated rings. The number of carbonyl (C=O) groups excluding carboxylic acids is 1. The number of hydrogen-bond acceptors (Lipinski definition) is 2. The van der Waals surface area contributed by atoms with Crippen LogP contribution in [-0.2, 0) is 6.42 Å². The third-order valence-electron chi connectivity index (χ3n) is 4.90. The second-order valence-corrected chi connectivity index (χ2v) is 6.36. The van der Waals surface area contributed by atoms with Crippen molar-refractivity contribution in [2.75, 3.05) is 18.0 Å². The minimum atomic E-state index is -0.833. The van der Waals surface area contributed by atoms with E-state index in [9.17, 15) is 13.6 Å². The molecule has 0 aliphatic carbocycles. The quantitative estimate of drug-likeness (QED) is 0.914. The van der Waals surface area contributed by atoms with Crippen molar-refractivity contribution in [3.8, 4) is 0 Å². The Labute approximate surface area is 139 Å². The highest BCUT2D eigenvalue weighted by Gasteiger charge is 2.31. The molecule has 2 aromatic carbocycles. The molecule has 0 saturated heterocycles. The first-order chi connectivity index (χ1) is 11.6. The fourth-order valence-electron chi connectivity index (χ4n) is 3.81. The second-order valence-electron chi connectivity index (χ2n) is 6.36. The van der Waals surface area contributed by atoms with Crippen molar-refractivity contribution >= 4 is 11.6 Å². The normalized spacial score (nSPS) is 18.9. The number of anilines is 1. The molecule has 2 aliphatic rings. The van der Waals surface area contributed by atoms with Crippen molar-refractivity contribution in [2.45, 2.75) is 25.3 Å². The van der Waals surface area contributed by atoms with Gasteiger partial charge in [-0.1, -0.05) is 24.3 Å². The molecule has 2 aliphatic heterocycles. The lowest BCUT2D eigenvalue weighted by molar-refractivity contribution is 0.0925. The maximum Gasteiger partial charge on any atom is 0.257 e. The molecular formula is C19H18F2N2O. The van der Waals surface area contributed by atoms with Gasteiger partial charge in [-0.15, -0.1) is 0 Å². The van der Waals surface area contributed by atoms with Crippen LogP contribution in [0.1, 0.15) is 40.4 Å². The fraction of sp³-hybridized carbons (Fsp3) is 0.316. The number of rotatable bonds is 2. The molecule has 1 N–H and O–H groups in total. The zero-order valence-electron chi connectivity index (χ0n) is 13.2. The molecule has 2 aromatic rings. The van der Waals surface area contributed by atoms with Gasteiger partial charge >= 0.3 is 0 Å². The van der Waals surface area contributed by atoms with Crippen molar-refractivity contribution in [3.05, 3.63) is 64.7 Å². The number of para-hydroxylation sites is 1. The number of nitrogens with zero attached hydrogens (tertiary/aromatic N) is 1. The van der Waals surface area contributed by atoms with Gasteiger partial charge in [-0.2, -0.15) is 0 Å². The van der Waals surface area contributed by atoms with Crippen LogP contribution in [0.5, 0.6) is 0 Å². The molecule has 0 spiro atoms. The second kappa shape index (κ2) is 5.89. The van der Waals surface area contributed by atoms with Crippen molar-refractivity contribution in [2.24, 2.45) is 0 Å². The number of carbonyl (C=O) groups is 1. The molecule has 0 radical (unpaired) electrons. The Morgan fingerprint density at radius 3 is 2.62 bits per heavy atom. The first-order valence-corrected chi connectivity index (χ1v) is 8.27. The molecule has 2 heterocycles. The first-order valence-electron chi connectivity index (χ1n) is 8.27. The van der Waals surface area contributed by atoms with Crippen LogP contribution in [0.2, 0.25) is 0 Å². The van der Waals surface area contributed by atoms with Crippen LogP contribution < -0.4 is 10.2 Å². The summed E-state index contributed by atoms with van der Waals surface area (Å²) in [7, 11) is 0. The van der Waals surface area contributed by atoms with Gasteiger partial charge in [0, 0.05) is 18.8 Å². The Morgan fingerprint density at radius 1 is 1.08 bits per heavy atom. The van der Waals surface area contributed by atoms with Crippen molar-refractivity contribution in [1.29, 1.82) is 0 Å². The van der Waals surface area contributed by atoms with Gasteiger partial charge in [0.25, 0.3) is 5.91 Å². The zero-order valence-corrected chi connectivity index (χ0v) is 13.2. The number of benzene rings is 2. The van der Waals surface area contributed by atoms with E-state index in [-0.39, 0.29) is 6.04 Å². The topological polar surface area (TPSA) is 32.3 Å². The van der Waals surface area contributed by atoms with E-state index in [0.717, 1.165) is 50.0 Å². The number of nitrogens with one attached hydrogen (secondary N) is 1. The van der Waals surface area contributed by atoms with Crippen LogP contribution in [0.4, 0.5) is 14.5 Å².